The fraction of sp³-hybridized carbons (Fsp3) is 0.519. The van der Waals surface area contributed by atoms with Gasteiger partial charge >= 0.3 is 0 Å². The van der Waals surface area contributed by atoms with Crippen LogP contribution in [0.1, 0.15) is 46.9 Å². The number of halogens is 1. The summed E-state index contributed by atoms with van der Waals surface area (Å²) in [6.07, 6.45) is 2.12. The number of anilines is 2. The van der Waals surface area contributed by atoms with Crippen molar-refractivity contribution in [2.24, 2.45) is 5.73 Å². The molecule has 3 aromatic rings. The van der Waals surface area contributed by atoms with Gasteiger partial charge < -0.3 is 31.2 Å². The number of hydrogen-bond donors (Lipinski definition) is 3. The summed E-state index contributed by atoms with van der Waals surface area (Å²) in [6, 6.07) is 5.32. The van der Waals surface area contributed by atoms with E-state index in [0.717, 1.165) is 29.9 Å². The fourth-order valence-electron chi connectivity index (χ4n) is 4.95. The van der Waals surface area contributed by atoms with Crippen LogP contribution >= 0.6 is 11.3 Å². The van der Waals surface area contributed by atoms with Crippen molar-refractivity contribution in [3.05, 3.63) is 45.8 Å². The minimum Gasteiger partial charge on any atom is -0.397 e. The lowest BCUT2D eigenvalue weighted by Gasteiger charge is -2.27. The van der Waals surface area contributed by atoms with E-state index in [1.807, 2.05) is 19.9 Å². The molecule has 1 amide bonds. The molecular weight excluding hydrogens is 507 g/mol. The molecule has 204 valence electrons. The van der Waals surface area contributed by atoms with E-state index in [9.17, 15) is 9.18 Å². The van der Waals surface area contributed by atoms with Crippen LogP contribution in [0.2, 0.25) is 0 Å². The third kappa shape index (κ3) is 5.33. The van der Waals surface area contributed by atoms with E-state index in [-0.39, 0.29) is 41.1 Å². The molecule has 1 saturated heterocycles. The number of aryl methyl sites for hydroxylation is 2. The highest BCUT2D eigenvalue weighted by atomic mass is 32.1. The van der Waals surface area contributed by atoms with Crippen molar-refractivity contribution >= 4 is 39.0 Å². The summed E-state index contributed by atoms with van der Waals surface area (Å²) >= 11 is 1.19. The molecule has 9 nitrogen and oxygen atoms in total. The first-order chi connectivity index (χ1) is 18.0. The van der Waals surface area contributed by atoms with Gasteiger partial charge in [-0.2, -0.15) is 0 Å². The highest BCUT2D eigenvalue weighted by Crippen LogP contribution is 2.34. The van der Waals surface area contributed by atoms with Crippen molar-refractivity contribution in [1.29, 1.82) is 0 Å². The second kappa shape index (κ2) is 10.4. The van der Waals surface area contributed by atoms with Crippen molar-refractivity contribution in [3.63, 3.8) is 0 Å². The Hall–Kier alpha value is -2.86. The number of nitrogens with two attached hydrogens (primary N) is 2. The Morgan fingerprint density at radius 3 is 2.87 bits per heavy atom. The minimum absolute atomic E-state index is 0.0409. The van der Waals surface area contributed by atoms with Crippen molar-refractivity contribution in [1.82, 2.24) is 15.3 Å². The molecule has 4 heterocycles. The highest BCUT2D eigenvalue weighted by Gasteiger charge is 2.34. The average Bonchev–Trinajstić information content (AvgIpc) is 3.42. The average molecular weight is 543 g/mol. The number of rotatable bonds is 7. The molecular formula is C27H35FN6O3S. The molecule has 1 fully saturated rings. The van der Waals surface area contributed by atoms with Gasteiger partial charge in [0.25, 0.3) is 5.91 Å². The number of aromatic nitrogens is 2. The highest BCUT2D eigenvalue weighted by molar-refractivity contribution is 7.21. The predicted octanol–water partition coefficient (Wildman–Crippen LogP) is 2.97. The lowest BCUT2D eigenvalue weighted by Crippen LogP contribution is -2.39. The molecule has 0 radical (unpaired) electrons. The van der Waals surface area contributed by atoms with E-state index in [0.29, 0.717) is 41.2 Å². The van der Waals surface area contributed by atoms with Crippen molar-refractivity contribution < 1.29 is 18.7 Å². The lowest BCUT2D eigenvalue weighted by atomic mass is 9.91. The number of carbonyl (C=O) groups excluding carboxylic acids is 1. The van der Waals surface area contributed by atoms with Crippen LogP contribution in [0, 0.1) is 12.7 Å². The Bertz CT molecular complexity index is 1360. The second-order valence-corrected chi connectivity index (χ2v) is 11.8. The molecule has 0 saturated carbocycles. The number of pyridine rings is 2. The van der Waals surface area contributed by atoms with Gasteiger partial charge in [-0.25, -0.2) is 14.4 Å². The van der Waals surface area contributed by atoms with Crippen molar-refractivity contribution in [2.75, 3.05) is 37.4 Å². The summed E-state index contributed by atoms with van der Waals surface area (Å²) in [5, 5.41) is 3.59. The largest absolute Gasteiger partial charge is 0.397 e. The number of thiophene rings is 1. The lowest BCUT2D eigenvalue weighted by molar-refractivity contribution is -0.0728. The molecule has 3 atom stereocenters. The molecule has 5 rings (SSSR count). The first-order valence-electron chi connectivity index (χ1n) is 12.9. The summed E-state index contributed by atoms with van der Waals surface area (Å²) in [4.78, 5) is 25.3. The van der Waals surface area contributed by atoms with Crippen LogP contribution in [0.15, 0.2) is 18.2 Å². The van der Waals surface area contributed by atoms with E-state index in [4.69, 9.17) is 25.9 Å². The van der Waals surface area contributed by atoms with Gasteiger partial charge in [0.2, 0.25) is 0 Å². The van der Waals surface area contributed by atoms with Crippen LogP contribution in [0.4, 0.5) is 15.9 Å². The van der Waals surface area contributed by atoms with Crippen LogP contribution in [0.25, 0.3) is 10.2 Å². The number of ether oxygens (including phenoxy) is 2. The molecule has 5 N–H and O–H groups in total. The van der Waals surface area contributed by atoms with Gasteiger partial charge in [-0.05, 0) is 57.7 Å². The topological polar surface area (TPSA) is 129 Å². The number of hydrogen-bond acceptors (Lipinski definition) is 9. The van der Waals surface area contributed by atoms with Gasteiger partial charge in [0.1, 0.15) is 21.3 Å². The van der Waals surface area contributed by atoms with Crippen molar-refractivity contribution in [2.45, 2.75) is 63.8 Å². The molecule has 0 aromatic carbocycles. The Morgan fingerprint density at radius 1 is 1.32 bits per heavy atom. The number of carbonyl (C=O) groups is 1. The Balaban J connectivity index is 1.22. The van der Waals surface area contributed by atoms with E-state index in [1.165, 1.54) is 17.4 Å². The maximum absolute atomic E-state index is 14.0. The molecule has 3 unspecified atom stereocenters. The molecule has 0 bridgehead atoms. The number of nitrogen functional groups attached to an aromatic ring is 1. The summed E-state index contributed by atoms with van der Waals surface area (Å²) < 4.78 is 25.5. The fourth-order valence-corrected chi connectivity index (χ4v) is 5.98. The van der Waals surface area contributed by atoms with Crippen LogP contribution in [0.5, 0.6) is 0 Å². The van der Waals surface area contributed by atoms with Gasteiger partial charge in [0.15, 0.2) is 0 Å². The number of fused-ring (bicyclic) bond motifs is 2. The molecule has 3 aromatic heterocycles. The van der Waals surface area contributed by atoms with E-state index in [1.54, 1.807) is 14.0 Å². The number of amides is 1. The van der Waals surface area contributed by atoms with Crippen LogP contribution in [0.3, 0.4) is 0 Å². The molecule has 11 heteroatoms. The van der Waals surface area contributed by atoms with Gasteiger partial charge in [0.05, 0.1) is 35.7 Å². The number of nitrogens with one attached hydrogen (secondary N) is 1. The van der Waals surface area contributed by atoms with Crippen LogP contribution < -0.4 is 21.7 Å². The molecule has 1 aliphatic carbocycles. The molecule has 1 aliphatic heterocycles. The zero-order valence-corrected chi connectivity index (χ0v) is 23.0. The zero-order chi connectivity index (χ0) is 27.2. The van der Waals surface area contributed by atoms with E-state index in [2.05, 4.69) is 21.3 Å². The first kappa shape index (κ1) is 26.7. The number of methoxy groups -OCH3 is 1. The number of nitrogens with zero attached hydrogens (tertiary/aromatic N) is 3. The van der Waals surface area contributed by atoms with E-state index < -0.39 is 5.82 Å². The maximum atomic E-state index is 14.0. The third-order valence-corrected chi connectivity index (χ3v) is 8.59. The molecule has 38 heavy (non-hydrogen) atoms. The standard InChI is InChI=1S/C27H35FN6O3S/c1-14-18(28)10-17-23(30)24(38-26(17)31-14)25(35)32-16-6-7-20-15(9-16)5-8-22(33-20)34-11-19(29)21(12-34)37-13-27(2,3)36-4/h5,8,10,16,19,21H,6-7,9,11-13,29-30H2,1-4H3,(H,32,35). The van der Waals surface area contributed by atoms with E-state index >= 15 is 0 Å². The maximum Gasteiger partial charge on any atom is 0.263 e. The van der Waals surface area contributed by atoms with Gasteiger partial charge in [0, 0.05) is 37.3 Å². The minimum atomic E-state index is -0.432. The van der Waals surface area contributed by atoms with Gasteiger partial charge in [-0.15, -0.1) is 11.3 Å². The summed E-state index contributed by atoms with van der Waals surface area (Å²) in [5.74, 6) is 0.209. The normalized spacial score (nSPS) is 21.6. The SMILES string of the molecule is COC(C)(C)COC1CN(c2ccc3c(n2)CCC(NC(=O)c2sc4nc(C)c(F)cc4c2N)C3)CC1N. The first-order valence-corrected chi connectivity index (χ1v) is 13.7. The summed E-state index contributed by atoms with van der Waals surface area (Å²) in [5.41, 5.74) is 14.9. The third-order valence-electron chi connectivity index (χ3n) is 7.47. The Morgan fingerprint density at radius 2 is 2.11 bits per heavy atom. The van der Waals surface area contributed by atoms with Gasteiger partial charge in [-0.1, -0.05) is 6.07 Å². The van der Waals surface area contributed by atoms with Crippen molar-refractivity contribution in [3.8, 4) is 0 Å². The summed E-state index contributed by atoms with van der Waals surface area (Å²) in [6.45, 7) is 7.40. The second-order valence-electron chi connectivity index (χ2n) is 10.8. The van der Waals surface area contributed by atoms with Crippen LogP contribution in [-0.2, 0) is 22.3 Å². The summed E-state index contributed by atoms with van der Waals surface area (Å²) in [7, 11) is 1.68. The quantitative estimate of drug-likeness (QED) is 0.416. The Labute approximate surface area is 225 Å². The van der Waals surface area contributed by atoms with Gasteiger partial charge in [-0.3, -0.25) is 4.79 Å². The molecule has 2 aliphatic rings. The smallest absolute Gasteiger partial charge is 0.263 e. The predicted molar refractivity (Wildman–Crippen MR) is 147 cm³/mol. The van der Waals surface area contributed by atoms with Crippen LogP contribution in [-0.4, -0.2) is 66.5 Å². The Kier molecular flexibility index (Phi) is 7.29. The zero-order valence-electron chi connectivity index (χ0n) is 22.2. The monoisotopic (exact) mass is 542 g/mol. The molecule has 0 spiro atoms.